The van der Waals surface area contributed by atoms with Gasteiger partial charge in [-0.15, -0.1) is 0 Å². The minimum atomic E-state index is -0.0271. The highest BCUT2D eigenvalue weighted by Crippen LogP contribution is 2.27. The van der Waals surface area contributed by atoms with Crippen LogP contribution >= 0.6 is 0 Å². The molecule has 0 saturated heterocycles. The molecule has 314 valence electrons. The molecule has 7 heteroatoms. The summed E-state index contributed by atoms with van der Waals surface area (Å²) >= 11 is 0. The van der Waals surface area contributed by atoms with Crippen LogP contribution in [0.15, 0.2) is 0 Å². The van der Waals surface area contributed by atoms with Gasteiger partial charge in [-0.05, 0) is 76.8 Å². The second-order valence-electron chi connectivity index (χ2n) is 16.5. The van der Waals surface area contributed by atoms with E-state index in [0.717, 1.165) is 71.1 Å². The van der Waals surface area contributed by atoms with Crippen molar-refractivity contribution in [3.8, 4) is 0 Å². The van der Waals surface area contributed by atoms with E-state index in [9.17, 15) is 14.7 Å². The smallest absolute Gasteiger partial charge is 0.305 e. The zero-order chi connectivity index (χ0) is 38.5. The molecule has 1 fully saturated rings. The highest BCUT2D eigenvalue weighted by atomic mass is 16.5. The Morgan fingerprint density at radius 2 is 1.00 bits per heavy atom. The van der Waals surface area contributed by atoms with Gasteiger partial charge >= 0.3 is 11.9 Å². The summed E-state index contributed by atoms with van der Waals surface area (Å²) in [4.78, 5) is 29.8. The van der Waals surface area contributed by atoms with Crippen LogP contribution in [0.2, 0.25) is 0 Å². The number of carbonyl (C=O) groups is 2. The van der Waals surface area contributed by atoms with Gasteiger partial charge in [0.25, 0.3) is 0 Å². The van der Waals surface area contributed by atoms with Crippen LogP contribution in [-0.2, 0) is 19.1 Å². The summed E-state index contributed by atoms with van der Waals surface area (Å²) in [5.41, 5.74) is 0. The van der Waals surface area contributed by atoms with Gasteiger partial charge in [0.1, 0.15) is 0 Å². The van der Waals surface area contributed by atoms with Crippen LogP contribution in [0.5, 0.6) is 0 Å². The van der Waals surface area contributed by atoms with Crippen molar-refractivity contribution in [2.45, 2.75) is 226 Å². The fourth-order valence-electron chi connectivity index (χ4n) is 7.54. The molecule has 0 heterocycles. The van der Waals surface area contributed by atoms with E-state index in [-0.39, 0.29) is 18.5 Å². The van der Waals surface area contributed by atoms with E-state index in [1.165, 1.54) is 141 Å². The first kappa shape index (κ1) is 49.8. The molecular formula is C46H90N2O5. The normalized spacial score (nSPS) is 13.6. The molecule has 0 aromatic heterocycles. The SMILES string of the molecule is CCCCCCCCCCCOC(=O)CCCCCN(CCN(CCO)CCCCCC(=O)OCC(CCCCCC)CCCCCCCC)C1CC1. The van der Waals surface area contributed by atoms with Crippen molar-refractivity contribution >= 4 is 11.9 Å². The Labute approximate surface area is 329 Å². The first-order valence-corrected chi connectivity index (χ1v) is 23.4. The molecule has 1 rings (SSSR count). The maximum Gasteiger partial charge on any atom is 0.305 e. The fourth-order valence-corrected chi connectivity index (χ4v) is 7.54. The lowest BCUT2D eigenvalue weighted by molar-refractivity contribution is -0.145. The molecule has 0 spiro atoms. The third kappa shape index (κ3) is 32.7. The first-order valence-electron chi connectivity index (χ1n) is 23.4. The van der Waals surface area contributed by atoms with Crippen molar-refractivity contribution in [2.75, 3.05) is 52.5 Å². The summed E-state index contributed by atoms with van der Waals surface area (Å²) in [6.07, 6.45) is 36.6. The molecule has 0 bridgehead atoms. The number of aliphatic hydroxyl groups is 1. The van der Waals surface area contributed by atoms with Gasteiger partial charge in [-0.2, -0.15) is 0 Å². The molecule has 0 aromatic rings. The molecule has 1 N–H and O–H groups in total. The number of esters is 2. The van der Waals surface area contributed by atoms with Crippen molar-refractivity contribution in [1.82, 2.24) is 9.80 Å². The van der Waals surface area contributed by atoms with Gasteiger partial charge in [0.05, 0.1) is 19.8 Å². The Hall–Kier alpha value is -1.18. The maximum absolute atomic E-state index is 12.6. The molecule has 1 atom stereocenters. The summed E-state index contributed by atoms with van der Waals surface area (Å²) < 4.78 is 11.3. The average molecular weight is 751 g/mol. The predicted molar refractivity (Wildman–Crippen MR) is 224 cm³/mol. The lowest BCUT2D eigenvalue weighted by Crippen LogP contribution is -2.38. The van der Waals surface area contributed by atoms with Crippen molar-refractivity contribution < 1.29 is 24.2 Å². The molecular weight excluding hydrogens is 661 g/mol. The third-order valence-corrected chi connectivity index (χ3v) is 11.3. The van der Waals surface area contributed by atoms with Gasteiger partial charge in [0, 0.05) is 38.5 Å². The van der Waals surface area contributed by atoms with Crippen LogP contribution in [0.1, 0.15) is 220 Å². The van der Waals surface area contributed by atoms with Crippen molar-refractivity contribution in [3.05, 3.63) is 0 Å². The molecule has 1 unspecified atom stereocenters. The Bertz CT molecular complexity index is 807. The summed E-state index contributed by atoms with van der Waals surface area (Å²) in [5, 5.41) is 9.71. The highest BCUT2D eigenvalue weighted by molar-refractivity contribution is 5.69. The first-order chi connectivity index (χ1) is 26.0. The molecule has 0 radical (unpaired) electrons. The van der Waals surface area contributed by atoms with Gasteiger partial charge in [0.15, 0.2) is 0 Å². The molecule has 0 aliphatic heterocycles. The van der Waals surface area contributed by atoms with Crippen LogP contribution in [0.3, 0.4) is 0 Å². The Morgan fingerprint density at radius 1 is 0.528 bits per heavy atom. The number of rotatable bonds is 42. The molecule has 1 saturated carbocycles. The summed E-state index contributed by atoms with van der Waals surface area (Å²) in [7, 11) is 0. The van der Waals surface area contributed by atoms with Gasteiger partial charge in [-0.3, -0.25) is 19.4 Å². The molecule has 0 aromatic carbocycles. The zero-order valence-corrected chi connectivity index (χ0v) is 35.7. The summed E-state index contributed by atoms with van der Waals surface area (Å²) in [6.45, 7) is 12.9. The quantitative estimate of drug-likeness (QED) is 0.0491. The van der Waals surface area contributed by atoms with Crippen LogP contribution in [0.25, 0.3) is 0 Å². The number of carbonyl (C=O) groups excluding carboxylic acids is 2. The molecule has 7 nitrogen and oxygen atoms in total. The molecule has 1 aliphatic rings. The van der Waals surface area contributed by atoms with E-state index in [2.05, 4.69) is 30.6 Å². The topological polar surface area (TPSA) is 79.3 Å². The number of hydrogen-bond donors (Lipinski definition) is 1. The zero-order valence-electron chi connectivity index (χ0n) is 35.7. The number of ether oxygens (including phenoxy) is 2. The van der Waals surface area contributed by atoms with Crippen molar-refractivity contribution in [3.63, 3.8) is 0 Å². The minimum absolute atomic E-state index is 0.0234. The number of unbranched alkanes of at least 4 members (excludes halogenated alkanes) is 20. The van der Waals surface area contributed by atoms with Gasteiger partial charge in [0.2, 0.25) is 0 Å². The van der Waals surface area contributed by atoms with Crippen LogP contribution in [0.4, 0.5) is 0 Å². The fraction of sp³-hybridized carbons (Fsp3) is 0.957. The standard InChI is InChI=1S/C46H90N2O5/c1-4-7-10-13-15-16-17-19-28-41-52-45(50)31-25-21-27-36-48(44-33-34-44)38-37-47(39-40-49)35-26-20-24-32-46(51)53-42-43(29-22-12-9-6-3)30-23-18-14-11-8-5-2/h43-44,49H,4-42H2,1-3H3. The summed E-state index contributed by atoms with van der Waals surface area (Å²) in [5.74, 6) is 0.470. The maximum atomic E-state index is 12.6. The second-order valence-corrected chi connectivity index (χ2v) is 16.5. The number of nitrogens with zero attached hydrogens (tertiary/aromatic N) is 2. The van der Waals surface area contributed by atoms with Crippen molar-refractivity contribution in [1.29, 1.82) is 0 Å². The molecule has 1 aliphatic carbocycles. The summed E-state index contributed by atoms with van der Waals surface area (Å²) in [6, 6.07) is 0.708. The Kier molecular flexibility index (Phi) is 35.5. The van der Waals surface area contributed by atoms with Gasteiger partial charge in [-0.25, -0.2) is 0 Å². The monoisotopic (exact) mass is 751 g/mol. The largest absolute Gasteiger partial charge is 0.466 e. The third-order valence-electron chi connectivity index (χ3n) is 11.3. The highest BCUT2D eigenvalue weighted by Gasteiger charge is 2.28. The number of hydrogen-bond acceptors (Lipinski definition) is 7. The average Bonchev–Trinajstić information content (AvgIpc) is 4.00. The Balaban J connectivity index is 2.17. The van der Waals surface area contributed by atoms with E-state index in [4.69, 9.17) is 9.47 Å². The van der Waals surface area contributed by atoms with E-state index in [0.29, 0.717) is 44.6 Å². The van der Waals surface area contributed by atoms with Gasteiger partial charge < -0.3 is 14.6 Å². The van der Waals surface area contributed by atoms with E-state index in [1.807, 2.05) is 0 Å². The van der Waals surface area contributed by atoms with E-state index < -0.39 is 0 Å². The van der Waals surface area contributed by atoms with Crippen molar-refractivity contribution in [2.24, 2.45) is 5.92 Å². The van der Waals surface area contributed by atoms with Gasteiger partial charge in [-0.1, -0.05) is 149 Å². The van der Waals surface area contributed by atoms with E-state index in [1.54, 1.807) is 0 Å². The lowest BCUT2D eigenvalue weighted by Gasteiger charge is -2.27. The van der Waals surface area contributed by atoms with Crippen LogP contribution in [-0.4, -0.2) is 85.4 Å². The predicted octanol–water partition coefficient (Wildman–Crippen LogP) is 11.8. The van der Waals surface area contributed by atoms with Crippen LogP contribution in [0, 0.1) is 5.92 Å². The number of aliphatic hydroxyl groups excluding tert-OH is 1. The Morgan fingerprint density at radius 3 is 1.55 bits per heavy atom. The second kappa shape index (κ2) is 37.7. The van der Waals surface area contributed by atoms with E-state index >= 15 is 0 Å². The molecule has 53 heavy (non-hydrogen) atoms. The van der Waals surface area contributed by atoms with Crippen LogP contribution < -0.4 is 0 Å². The molecule has 0 amide bonds. The minimum Gasteiger partial charge on any atom is -0.466 e. The lowest BCUT2D eigenvalue weighted by atomic mass is 9.95.